The van der Waals surface area contributed by atoms with Gasteiger partial charge < -0.3 is 10.4 Å². The van der Waals surface area contributed by atoms with E-state index < -0.39 is 15.1 Å². The summed E-state index contributed by atoms with van der Waals surface area (Å²) in [7, 11) is -3.25. The minimum atomic E-state index is -3.25. The van der Waals surface area contributed by atoms with Gasteiger partial charge in [0.1, 0.15) is 5.25 Å². The van der Waals surface area contributed by atoms with E-state index in [4.69, 9.17) is 0 Å². The Hall–Kier alpha value is -0.620. The van der Waals surface area contributed by atoms with Crippen LogP contribution in [0.25, 0.3) is 0 Å². The summed E-state index contributed by atoms with van der Waals surface area (Å²) in [5.74, 6) is -0.204. The van der Waals surface area contributed by atoms with Gasteiger partial charge in [0.05, 0.1) is 11.9 Å². The van der Waals surface area contributed by atoms with Gasteiger partial charge >= 0.3 is 0 Å². The third kappa shape index (κ3) is 3.23. The lowest BCUT2D eigenvalue weighted by atomic mass is 9.93. The Labute approximate surface area is 108 Å². The van der Waals surface area contributed by atoms with E-state index in [0.29, 0.717) is 25.7 Å². The van der Waals surface area contributed by atoms with Crippen LogP contribution in [0.3, 0.4) is 0 Å². The summed E-state index contributed by atoms with van der Waals surface area (Å²) in [6, 6.07) is 0.0260. The summed E-state index contributed by atoms with van der Waals surface area (Å²) in [5.41, 5.74) is 0. The quantitative estimate of drug-likeness (QED) is 0.763. The monoisotopic (exact) mass is 275 g/mol. The SMILES string of the molecule is O=C(NC1CCC(O)CC1)C1CCCCS1(=O)=O. The first kappa shape index (κ1) is 13.8. The predicted molar refractivity (Wildman–Crippen MR) is 67.8 cm³/mol. The van der Waals surface area contributed by atoms with Crippen LogP contribution in [0.1, 0.15) is 44.9 Å². The molecule has 1 amide bonds. The van der Waals surface area contributed by atoms with E-state index in [-0.39, 0.29) is 23.8 Å². The highest BCUT2D eigenvalue weighted by Gasteiger charge is 2.35. The molecule has 1 aliphatic carbocycles. The highest BCUT2D eigenvalue weighted by Crippen LogP contribution is 2.22. The Morgan fingerprint density at radius 3 is 2.33 bits per heavy atom. The van der Waals surface area contributed by atoms with Crippen LogP contribution in [0.2, 0.25) is 0 Å². The fraction of sp³-hybridized carbons (Fsp3) is 0.917. The lowest BCUT2D eigenvalue weighted by Gasteiger charge is -2.29. The Kier molecular flexibility index (Phi) is 4.27. The minimum absolute atomic E-state index is 0.0260. The van der Waals surface area contributed by atoms with Crippen LogP contribution in [-0.2, 0) is 14.6 Å². The molecule has 0 aromatic rings. The molecule has 6 heteroatoms. The number of rotatable bonds is 2. The predicted octanol–water partition coefficient (Wildman–Crippen LogP) is 0.373. The second kappa shape index (κ2) is 5.57. The second-order valence-corrected chi connectivity index (χ2v) is 7.67. The van der Waals surface area contributed by atoms with E-state index >= 15 is 0 Å². The highest BCUT2D eigenvalue weighted by atomic mass is 32.2. The van der Waals surface area contributed by atoms with Crippen molar-refractivity contribution in [3.8, 4) is 0 Å². The molecule has 0 bridgehead atoms. The maximum absolute atomic E-state index is 12.0. The van der Waals surface area contributed by atoms with E-state index in [2.05, 4.69) is 5.32 Å². The first-order valence-electron chi connectivity index (χ1n) is 6.69. The van der Waals surface area contributed by atoms with Gasteiger partial charge in [0.2, 0.25) is 5.91 Å². The van der Waals surface area contributed by atoms with Gasteiger partial charge in [-0.2, -0.15) is 0 Å². The van der Waals surface area contributed by atoms with Crippen LogP contribution < -0.4 is 5.32 Å². The molecule has 1 saturated heterocycles. The van der Waals surface area contributed by atoms with Gasteiger partial charge in [0.15, 0.2) is 9.84 Å². The zero-order chi connectivity index (χ0) is 13.2. The average Bonchev–Trinajstić information content (AvgIpc) is 2.31. The van der Waals surface area contributed by atoms with Gasteiger partial charge in [-0.1, -0.05) is 6.42 Å². The molecule has 2 rings (SSSR count). The summed E-state index contributed by atoms with van der Waals surface area (Å²) >= 11 is 0. The molecule has 2 aliphatic rings. The summed E-state index contributed by atoms with van der Waals surface area (Å²) in [4.78, 5) is 12.0. The lowest BCUT2D eigenvalue weighted by Crippen LogP contribution is -2.47. The summed E-state index contributed by atoms with van der Waals surface area (Å²) < 4.78 is 23.6. The van der Waals surface area contributed by atoms with Crippen LogP contribution in [-0.4, -0.2) is 42.6 Å². The van der Waals surface area contributed by atoms with Gasteiger partial charge in [-0.25, -0.2) is 8.42 Å². The third-order valence-electron chi connectivity index (χ3n) is 3.91. The molecule has 1 saturated carbocycles. The largest absolute Gasteiger partial charge is 0.393 e. The standard InChI is InChI=1S/C12H21NO4S/c14-10-6-4-9(5-7-10)13-12(15)11-3-1-2-8-18(11,16)17/h9-11,14H,1-8H2,(H,13,15). The summed E-state index contributed by atoms with van der Waals surface area (Å²) in [6.07, 6.45) is 4.49. The Bertz CT molecular complexity index is 398. The van der Waals surface area contributed by atoms with E-state index in [1.807, 2.05) is 0 Å². The molecule has 0 aromatic heterocycles. The molecule has 1 atom stereocenters. The first-order chi connectivity index (χ1) is 8.49. The Morgan fingerprint density at radius 1 is 1.06 bits per heavy atom. The first-order valence-corrected chi connectivity index (χ1v) is 8.40. The smallest absolute Gasteiger partial charge is 0.238 e. The Morgan fingerprint density at radius 2 is 1.72 bits per heavy atom. The van der Waals surface area contributed by atoms with Gasteiger partial charge in [-0.3, -0.25) is 4.79 Å². The van der Waals surface area contributed by atoms with Crippen molar-refractivity contribution in [2.45, 2.75) is 62.3 Å². The number of hydrogen-bond donors (Lipinski definition) is 2. The second-order valence-electron chi connectivity index (χ2n) is 5.37. The van der Waals surface area contributed by atoms with Crippen LogP contribution in [0.5, 0.6) is 0 Å². The van der Waals surface area contributed by atoms with Crippen LogP contribution in [0.15, 0.2) is 0 Å². The Balaban J connectivity index is 1.91. The average molecular weight is 275 g/mol. The lowest BCUT2D eigenvalue weighted by molar-refractivity contribution is -0.122. The van der Waals surface area contributed by atoms with Gasteiger partial charge in [0, 0.05) is 6.04 Å². The number of carbonyl (C=O) groups excluding carboxylic acids is 1. The van der Waals surface area contributed by atoms with Crippen molar-refractivity contribution in [3.63, 3.8) is 0 Å². The van der Waals surface area contributed by atoms with Gasteiger partial charge in [0.25, 0.3) is 0 Å². The minimum Gasteiger partial charge on any atom is -0.393 e. The molecule has 1 aliphatic heterocycles. The molecule has 2 N–H and O–H groups in total. The fourth-order valence-electron chi connectivity index (χ4n) is 2.76. The zero-order valence-corrected chi connectivity index (χ0v) is 11.3. The number of carbonyl (C=O) groups is 1. The number of amides is 1. The summed E-state index contributed by atoms with van der Waals surface area (Å²) in [5, 5.41) is 11.4. The molecule has 0 radical (unpaired) electrons. The maximum atomic E-state index is 12.0. The van der Waals surface area contributed by atoms with Crippen molar-refractivity contribution in [1.29, 1.82) is 0 Å². The number of sulfone groups is 1. The van der Waals surface area contributed by atoms with E-state index in [1.165, 1.54) is 0 Å². The number of aliphatic hydroxyl groups is 1. The number of nitrogens with one attached hydrogen (secondary N) is 1. The van der Waals surface area contributed by atoms with E-state index in [9.17, 15) is 18.3 Å². The molecule has 1 unspecified atom stereocenters. The van der Waals surface area contributed by atoms with Crippen LogP contribution in [0, 0.1) is 0 Å². The van der Waals surface area contributed by atoms with Crippen LogP contribution in [0.4, 0.5) is 0 Å². The molecule has 0 aromatic carbocycles. The van der Waals surface area contributed by atoms with Crippen molar-refractivity contribution >= 4 is 15.7 Å². The van der Waals surface area contributed by atoms with Crippen molar-refractivity contribution in [2.75, 3.05) is 5.75 Å². The topological polar surface area (TPSA) is 83.5 Å². The molecule has 1 heterocycles. The van der Waals surface area contributed by atoms with Crippen molar-refractivity contribution < 1.29 is 18.3 Å². The highest BCUT2D eigenvalue weighted by molar-refractivity contribution is 7.92. The molecule has 2 fully saturated rings. The summed E-state index contributed by atoms with van der Waals surface area (Å²) in [6.45, 7) is 0. The molecule has 18 heavy (non-hydrogen) atoms. The van der Waals surface area contributed by atoms with Crippen molar-refractivity contribution in [3.05, 3.63) is 0 Å². The molecule has 104 valence electrons. The number of hydrogen-bond acceptors (Lipinski definition) is 4. The van der Waals surface area contributed by atoms with Crippen molar-refractivity contribution in [2.24, 2.45) is 0 Å². The molecular formula is C12H21NO4S. The maximum Gasteiger partial charge on any atom is 0.238 e. The van der Waals surface area contributed by atoms with Gasteiger partial charge in [-0.05, 0) is 38.5 Å². The third-order valence-corrected chi connectivity index (χ3v) is 6.09. The van der Waals surface area contributed by atoms with Crippen molar-refractivity contribution in [1.82, 2.24) is 5.32 Å². The van der Waals surface area contributed by atoms with Gasteiger partial charge in [-0.15, -0.1) is 0 Å². The van der Waals surface area contributed by atoms with Crippen LogP contribution >= 0.6 is 0 Å². The molecule has 0 spiro atoms. The van der Waals surface area contributed by atoms with E-state index in [1.54, 1.807) is 0 Å². The normalized spacial score (nSPS) is 35.9. The fourth-order valence-corrected chi connectivity index (χ4v) is 4.57. The molecule has 5 nitrogen and oxygen atoms in total. The number of aliphatic hydroxyl groups excluding tert-OH is 1. The van der Waals surface area contributed by atoms with E-state index in [0.717, 1.165) is 19.3 Å². The molecular weight excluding hydrogens is 254 g/mol. The zero-order valence-electron chi connectivity index (χ0n) is 10.5.